The Morgan fingerprint density at radius 2 is 2.20 bits per heavy atom. The van der Waals surface area contributed by atoms with Crippen LogP contribution >= 0.6 is 0 Å². The summed E-state index contributed by atoms with van der Waals surface area (Å²) in [6.45, 7) is 1.95. The summed E-state index contributed by atoms with van der Waals surface area (Å²) in [6, 6.07) is 5.50. The van der Waals surface area contributed by atoms with Gasteiger partial charge in [0, 0.05) is 13.0 Å². The number of hydrogen-bond donors (Lipinski definition) is 1. The highest BCUT2D eigenvalue weighted by Crippen LogP contribution is 2.24. The van der Waals surface area contributed by atoms with Crippen LogP contribution in [0.5, 0.6) is 5.75 Å². The summed E-state index contributed by atoms with van der Waals surface area (Å²) in [7, 11) is 1.56. The minimum absolute atomic E-state index is 0.0181. The number of hydrogen-bond acceptors (Lipinski definition) is 3. The molecule has 1 N–H and O–H groups in total. The van der Waals surface area contributed by atoms with E-state index in [2.05, 4.69) is 0 Å². The minimum Gasteiger partial charge on any atom is -0.496 e. The van der Waals surface area contributed by atoms with E-state index in [1.807, 2.05) is 19.1 Å². The van der Waals surface area contributed by atoms with Gasteiger partial charge in [-0.3, -0.25) is 4.79 Å². The van der Waals surface area contributed by atoms with Crippen molar-refractivity contribution in [1.82, 2.24) is 0 Å². The van der Waals surface area contributed by atoms with Gasteiger partial charge < -0.3 is 9.84 Å². The van der Waals surface area contributed by atoms with Crippen LogP contribution < -0.4 is 4.74 Å². The van der Waals surface area contributed by atoms with Crippen LogP contribution in [0.25, 0.3) is 0 Å². The van der Waals surface area contributed by atoms with Gasteiger partial charge >= 0.3 is 0 Å². The lowest BCUT2D eigenvalue weighted by atomic mass is 10.0. The Morgan fingerprint density at radius 3 is 2.80 bits per heavy atom. The number of ether oxygens (including phenoxy) is 1. The molecule has 0 bridgehead atoms. The molecule has 0 heterocycles. The van der Waals surface area contributed by atoms with E-state index in [9.17, 15) is 4.79 Å². The van der Waals surface area contributed by atoms with Crippen LogP contribution in [-0.4, -0.2) is 24.6 Å². The van der Waals surface area contributed by atoms with Crippen molar-refractivity contribution in [2.75, 3.05) is 13.7 Å². The van der Waals surface area contributed by atoms with Gasteiger partial charge in [0.05, 0.1) is 12.7 Å². The number of methoxy groups -OCH3 is 1. The average molecular weight is 208 g/mol. The van der Waals surface area contributed by atoms with Crippen LogP contribution in [0.1, 0.15) is 28.8 Å². The molecule has 0 aliphatic heterocycles. The van der Waals surface area contributed by atoms with Gasteiger partial charge in [-0.15, -0.1) is 0 Å². The van der Waals surface area contributed by atoms with Crippen molar-refractivity contribution in [2.45, 2.75) is 19.8 Å². The lowest BCUT2D eigenvalue weighted by Gasteiger charge is -2.09. The van der Waals surface area contributed by atoms with Crippen molar-refractivity contribution in [3.05, 3.63) is 29.3 Å². The van der Waals surface area contributed by atoms with Crippen LogP contribution in [0.2, 0.25) is 0 Å². The van der Waals surface area contributed by atoms with E-state index in [0.29, 0.717) is 24.2 Å². The summed E-state index contributed by atoms with van der Waals surface area (Å²) >= 11 is 0. The highest BCUT2D eigenvalue weighted by molar-refractivity contribution is 5.99. The van der Waals surface area contributed by atoms with E-state index in [0.717, 1.165) is 5.56 Å². The van der Waals surface area contributed by atoms with Crippen molar-refractivity contribution >= 4 is 5.78 Å². The van der Waals surface area contributed by atoms with Gasteiger partial charge in [-0.1, -0.05) is 12.1 Å². The number of aliphatic hydroxyl groups is 1. The normalized spacial score (nSPS) is 10.1. The molecular weight excluding hydrogens is 192 g/mol. The zero-order valence-electron chi connectivity index (χ0n) is 9.12. The number of carbonyl (C=O) groups excluding carboxylic acids is 1. The van der Waals surface area contributed by atoms with E-state index < -0.39 is 0 Å². The summed E-state index contributed by atoms with van der Waals surface area (Å²) in [5.41, 5.74) is 1.55. The predicted molar refractivity (Wildman–Crippen MR) is 58.4 cm³/mol. The second-order valence-electron chi connectivity index (χ2n) is 3.41. The van der Waals surface area contributed by atoms with Gasteiger partial charge in [-0.2, -0.15) is 0 Å². The third-order valence-electron chi connectivity index (χ3n) is 2.28. The first-order chi connectivity index (χ1) is 7.20. The lowest BCUT2D eigenvalue weighted by Crippen LogP contribution is -2.04. The fraction of sp³-hybridized carbons (Fsp3) is 0.417. The number of benzene rings is 1. The van der Waals surface area contributed by atoms with E-state index in [4.69, 9.17) is 9.84 Å². The van der Waals surface area contributed by atoms with Crippen LogP contribution in [-0.2, 0) is 0 Å². The summed E-state index contributed by atoms with van der Waals surface area (Å²) in [4.78, 5) is 11.7. The summed E-state index contributed by atoms with van der Waals surface area (Å²) in [5.74, 6) is 0.657. The number of Topliss-reactive ketones (excluding diaryl/α,β-unsaturated/α-hetero) is 1. The third-order valence-corrected chi connectivity index (χ3v) is 2.28. The monoisotopic (exact) mass is 208 g/mol. The minimum atomic E-state index is 0.0181. The molecular formula is C12H16O3. The second-order valence-corrected chi connectivity index (χ2v) is 3.41. The number of ketones is 1. The van der Waals surface area contributed by atoms with Crippen molar-refractivity contribution in [1.29, 1.82) is 0 Å². The SMILES string of the molecule is COc1c(C)cccc1C(=O)CCCO. The summed E-state index contributed by atoms with van der Waals surface area (Å²) in [6.07, 6.45) is 0.853. The number of aliphatic hydroxyl groups excluding tert-OH is 1. The van der Waals surface area contributed by atoms with Crippen molar-refractivity contribution in [2.24, 2.45) is 0 Å². The molecule has 0 aromatic heterocycles. The average Bonchev–Trinajstić information content (AvgIpc) is 2.25. The highest BCUT2D eigenvalue weighted by atomic mass is 16.5. The molecule has 3 heteroatoms. The first-order valence-electron chi connectivity index (χ1n) is 4.98. The molecule has 0 aliphatic carbocycles. The molecule has 0 unspecified atom stereocenters. The molecule has 0 amide bonds. The van der Waals surface area contributed by atoms with E-state index in [1.165, 1.54) is 0 Å². The van der Waals surface area contributed by atoms with Gasteiger partial charge in [-0.05, 0) is 25.0 Å². The smallest absolute Gasteiger partial charge is 0.166 e. The molecule has 82 valence electrons. The van der Waals surface area contributed by atoms with E-state index >= 15 is 0 Å². The van der Waals surface area contributed by atoms with Crippen molar-refractivity contribution in [3.8, 4) is 5.75 Å². The van der Waals surface area contributed by atoms with Gasteiger partial charge in [0.1, 0.15) is 5.75 Å². The molecule has 0 aliphatic rings. The Hall–Kier alpha value is -1.35. The van der Waals surface area contributed by atoms with E-state index in [-0.39, 0.29) is 12.4 Å². The molecule has 0 atom stereocenters. The number of para-hydroxylation sites is 1. The molecule has 0 spiro atoms. The maximum Gasteiger partial charge on any atom is 0.166 e. The molecule has 0 saturated heterocycles. The Labute approximate surface area is 89.7 Å². The number of carbonyl (C=O) groups is 1. The van der Waals surface area contributed by atoms with Crippen molar-refractivity contribution < 1.29 is 14.6 Å². The maximum absolute atomic E-state index is 11.7. The highest BCUT2D eigenvalue weighted by Gasteiger charge is 2.12. The Morgan fingerprint density at radius 1 is 1.47 bits per heavy atom. The Bertz CT molecular complexity index is 345. The maximum atomic E-state index is 11.7. The number of rotatable bonds is 5. The van der Waals surface area contributed by atoms with Crippen LogP contribution in [0, 0.1) is 6.92 Å². The number of aryl methyl sites for hydroxylation is 1. The third kappa shape index (κ3) is 2.80. The molecule has 1 aromatic rings. The molecule has 0 radical (unpaired) electrons. The quantitative estimate of drug-likeness (QED) is 0.752. The first-order valence-corrected chi connectivity index (χ1v) is 4.98. The van der Waals surface area contributed by atoms with Crippen molar-refractivity contribution in [3.63, 3.8) is 0 Å². The fourth-order valence-electron chi connectivity index (χ4n) is 1.52. The molecule has 1 rings (SSSR count). The van der Waals surface area contributed by atoms with Gasteiger partial charge in [-0.25, -0.2) is 0 Å². The Kier molecular flexibility index (Phi) is 4.31. The fourth-order valence-corrected chi connectivity index (χ4v) is 1.52. The zero-order chi connectivity index (χ0) is 11.3. The molecule has 0 saturated carbocycles. The lowest BCUT2D eigenvalue weighted by molar-refractivity contribution is 0.0968. The standard InChI is InChI=1S/C12H16O3/c1-9-5-3-6-10(12(9)15-2)11(14)7-4-8-13/h3,5-6,13H,4,7-8H2,1-2H3. The largest absolute Gasteiger partial charge is 0.496 e. The molecule has 1 aromatic carbocycles. The predicted octanol–water partition coefficient (Wildman–Crippen LogP) is 1.96. The molecule has 3 nitrogen and oxygen atoms in total. The first kappa shape index (κ1) is 11.7. The van der Waals surface area contributed by atoms with Crippen LogP contribution in [0.3, 0.4) is 0 Å². The second kappa shape index (κ2) is 5.51. The Balaban J connectivity index is 2.92. The van der Waals surface area contributed by atoms with Gasteiger partial charge in [0.25, 0.3) is 0 Å². The van der Waals surface area contributed by atoms with Gasteiger partial charge in [0.2, 0.25) is 0 Å². The summed E-state index contributed by atoms with van der Waals surface area (Å²) < 4.78 is 5.19. The van der Waals surface area contributed by atoms with E-state index in [1.54, 1.807) is 13.2 Å². The topological polar surface area (TPSA) is 46.5 Å². The summed E-state index contributed by atoms with van der Waals surface area (Å²) in [5, 5.41) is 8.66. The molecule has 15 heavy (non-hydrogen) atoms. The van der Waals surface area contributed by atoms with Crippen LogP contribution in [0.4, 0.5) is 0 Å². The van der Waals surface area contributed by atoms with Gasteiger partial charge in [0.15, 0.2) is 5.78 Å². The molecule has 0 fully saturated rings. The zero-order valence-corrected chi connectivity index (χ0v) is 9.12. The van der Waals surface area contributed by atoms with Crippen LogP contribution in [0.15, 0.2) is 18.2 Å².